The molecule has 1 aromatic heterocycles. The molecule has 0 aliphatic heterocycles. The first-order valence-electron chi connectivity index (χ1n) is 4.52. The molecule has 2 rings (SSSR count). The van der Waals surface area contributed by atoms with Gasteiger partial charge in [-0.15, -0.1) is 0 Å². The van der Waals surface area contributed by atoms with Gasteiger partial charge in [0.15, 0.2) is 0 Å². The van der Waals surface area contributed by atoms with Gasteiger partial charge in [-0.2, -0.15) is 5.10 Å². The first-order valence-corrected chi connectivity index (χ1v) is 5.60. The Morgan fingerprint density at radius 3 is 2.69 bits per heavy atom. The van der Waals surface area contributed by atoms with Crippen LogP contribution in [0.2, 0.25) is 0 Å². The molecule has 0 aliphatic rings. The molecular formula is C10H8IN3O2. The number of nitro benzene ring substituents is 1. The number of nitrogens with zero attached hydrogens (tertiary/aromatic N) is 3. The summed E-state index contributed by atoms with van der Waals surface area (Å²) in [7, 11) is 1.77. The van der Waals surface area contributed by atoms with Gasteiger partial charge in [0, 0.05) is 13.1 Å². The molecule has 82 valence electrons. The summed E-state index contributed by atoms with van der Waals surface area (Å²) < 4.78 is 2.54. The van der Waals surface area contributed by atoms with Crippen molar-refractivity contribution in [2.24, 2.45) is 7.05 Å². The quantitative estimate of drug-likeness (QED) is 0.483. The summed E-state index contributed by atoms with van der Waals surface area (Å²) in [4.78, 5) is 10.5. The van der Waals surface area contributed by atoms with Crippen molar-refractivity contribution >= 4 is 28.3 Å². The van der Waals surface area contributed by atoms with Crippen molar-refractivity contribution in [3.8, 4) is 11.3 Å². The van der Waals surface area contributed by atoms with Gasteiger partial charge >= 0.3 is 0 Å². The molecular weight excluding hydrogens is 321 g/mol. The van der Waals surface area contributed by atoms with Crippen LogP contribution in [0, 0.1) is 13.7 Å². The third-order valence-electron chi connectivity index (χ3n) is 2.25. The standard InChI is InChI=1S/C10H8IN3O2/c1-13-10(8(11)6-12-13)7-4-2-3-5-9(7)14(15)16/h2-6H,1H3. The summed E-state index contributed by atoms with van der Waals surface area (Å²) in [6.45, 7) is 0. The Balaban J connectivity index is 2.69. The number of aromatic nitrogens is 2. The summed E-state index contributed by atoms with van der Waals surface area (Å²) in [6, 6.07) is 6.67. The Hall–Kier alpha value is -1.44. The lowest BCUT2D eigenvalue weighted by Crippen LogP contribution is -1.98. The van der Waals surface area contributed by atoms with E-state index >= 15 is 0 Å². The van der Waals surface area contributed by atoms with Crippen LogP contribution in [0.3, 0.4) is 0 Å². The van der Waals surface area contributed by atoms with Crippen molar-refractivity contribution in [3.63, 3.8) is 0 Å². The van der Waals surface area contributed by atoms with E-state index < -0.39 is 0 Å². The Morgan fingerprint density at radius 1 is 1.44 bits per heavy atom. The van der Waals surface area contributed by atoms with Crippen LogP contribution >= 0.6 is 22.6 Å². The molecule has 0 saturated carbocycles. The second-order valence-corrected chi connectivity index (χ2v) is 4.40. The maximum Gasteiger partial charge on any atom is 0.278 e. The summed E-state index contributed by atoms with van der Waals surface area (Å²) in [5, 5.41) is 15.0. The molecule has 6 heteroatoms. The minimum absolute atomic E-state index is 0.101. The van der Waals surface area contributed by atoms with E-state index in [2.05, 4.69) is 27.7 Å². The highest BCUT2D eigenvalue weighted by Gasteiger charge is 2.19. The summed E-state index contributed by atoms with van der Waals surface area (Å²) in [5.74, 6) is 0. The summed E-state index contributed by atoms with van der Waals surface area (Å²) >= 11 is 2.12. The average molecular weight is 329 g/mol. The van der Waals surface area contributed by atoms with E-state index in [0.717, 1.165) is 9.26 Å². The molecule has 0 saturated heterocycles. The van der Waals surface area contributed by atoms with Crippen LogP contribution in [0.25, 0.3) is 11.3 Å². The van der Waals surface area contributed by atoms with Crippen molar-refractivity contribution in [1.29, 1.82) is 0 Å². The summed E-state index contributed by atoms with van der Waals surface area (Å²) in [6.07, 6.45) is 1.69. The lowest BCUT2D eigenvalue weighted by molar-refractivity contribution is -0.384. The average Bonchev–Trinajstić information content (AvgIpc) is 2.58. The number of hydrogen-bond acceptors (Lipinski definition) is 3. The van der Waals surface area contributed by atoms with Crippen molar-refractivity contribution < 1.29 is 4.92 Å². The number of halogens is 1. The highest BCUT2D eigenvalue weighted by atomic mass is 127. The fraction of sp³-hybridized carbons (Fsp3) is 0.100. The second kappa shape index (κ2) is 4.20. The van der Waals surface area contributed by atoms with Crippen molar-refractivity contribution in [3.05, 3.63) is 44.1 Å². The largest absolute Gasteiger partial charge is 0.278 e. The van der Waals surface area contributed by atoms with E-state index in [4.69, 9.17) is 0 Å². The molecule has 0 fully saturated rings. The molecule has 0 spiro atoms. The van der Waals surface area contributed by atoms with Crippen molar-refractivity contribution in [2.75, 3.05) is 0 Å². The van der Waals surface area contributed by atoms with Crippen LogP contribution in [-0.2, 0) is 7.05 Å². The molecule has 0 unspecified atom stereocenters. The smallest absolute Gasteiger partial charge is 0.267 e. The molecule has 0 aliphatic carbocycles. The minimum atomic E-state index is -0.377. The van der Waals surface area contributed by atoms with E-state index in [-0.39, 0.29) is 10.6 Å². The van der Waals surface area contributed by atoms with Crippen LogP contribution in [-0.4, -0.2) is 14.7 Å². The topological polar surface area (TPSA) is 61.0 Å². The van der Waals surface area contributed by atoms with Gasteiger partial charge in [-0.05, 0) is 28.7 Å². The van der Waals surface area contributed by atoms with Crippen LogP contribution in [0.4, 0.5) is 5.69 Å². The zero-order valence-electron chi connectivity index (χ0n) is 8.42. The van der Waals surface area contributed by atoms with E-state index in [0.29, 0.717) is 5.56 Å². The van der Waals surface area contributed by atoms with Gasteiger partial charge in [-0.3, -0.25) is 14.8 Å². The SMILES string of the molecule is Cn1ncc(I)c1-c1ccccc1[N+](=O)[O-]. The number of hydrogen-bond donors (Lipinski definition) is 0. The van der Waals surface area contributed by atoms with Gasteiger partial charge in [0.2, 0.25) is 0 Å². The third kappa shape index (κ3) is 1.80. The molecule has 2 aromatic rings. The van der Waals surface area contributed by atoms with Crippen molar-refractivity contribution in [2.45, 2.75) is 0 Å². The van der Waals surface area contributed by atoms with Gasteiger partial charge in [-0.25, -0.2) is 0 Å². The second-order valence-electron chi connectivity index (χ2n) is 3.24. The number of para-hydroxylation sites is 1. The number of benzene rings is 1. The fourth-order valence-electron chi connectivity index (χ4n) is 1.55. The van der Waals surface area contributed by atoms with Gasteiger partial charge in [0.1, 0.15) is 0 Å². The summed E-state index contributed by atoms with van der Waals surface area (Å²) in [5.41, 5.74) is 1.47. The van der Waals surface area contributed by atoms with E-state index in [1.54, 1.807) is 36.1 Å². The normalized spacial score (nSPS) is 10.4. The van der Waals surface area contributed by atoms with Crippen LogP contribution in [0.1, 0.15) is 0 Å². The maximum absolute atomic E-state index is 10.9. The molecule has 1 aromatic carbocycles. The number of rotatable bonds is 2. The molecule has 0 radical (unpaired) electrons. The molecule has 0 atom stereocenters. The van der Waals surface area contributed by atoms with Crippen LogP contribution < -0.4 is 0 Å². The Morgan fingerprint density at radius 2 is 2.12 bits per heavy atom. The molecule has 0 N–H and O–H groups in total. The highest BCUT2D eigenvalue weighted by Crippen LogP contribution is 2.31. The Kier molecular flexibility index (Phi) is 2.90. The zero-order valence-corrected chi connectivity index (χ0v) is 10.6. The predicted molar refractivity (Wildman–Crippen MR) is 68.0 cm³/mol. The van der Waals surface area contributed by atoms with Gasteiger partial charge in [0.25, 0.3) is 5.69 Å². The third-order valence-corrected chi connectivity index (χ3v) is 3.04. The van der Waals surface area contributed by atoms with Crippen LogP contribution in [0.5, 0.6) is 0 Å². The number of nitro groups is 1. The fourth-order valence-corrected chi connectivity index (χ4v) is 2.31. The van der Waals surface area contributed by atoms with Gasteiger partial charge in [-0.1, -0.05) is 12.1 Å². The number of aryl methyl sites for hydroxylation is 1. The maximum atomic E-state index is 10.9. The first kappa shape index (κ1) is 11.1. The van der Waals surface area contributed by atoms with E-state index in [1.807, 2.05) is 0 Å². The van der Waals surface area contributed by atoms with Crippen molar-refractivity contribution in [1.82, 2.24) is 9.78 Å². The van der Waals surface area contributed by atoms with E-state index in [9.17, 15) is 10.1 Å². The Labute approximate surface area is 105 Å². The van der Waals surface area contributed by atoms with Crippen LogP contribution in [0.15, 0.2) is 30.5 Å². The van der Waals surface area contributed by atoms with E-state index in [1.165, 1.54) is 6.07 Å². The predicted octanol–water partition coefficient (Wildman–Crippen LogP) is 2.60. The molecule has 1 heterocycles. The van der Waals surface area contributed by atoms with Gasteiger partial charge < -0.3 is 0 Å². The lowest BCUT2D eigenvalue weighted by Gasteiger charge is -2.03. The molecule has 0 amide bonds. The zero-order chi connectivity index (χ0) is 11.7. The first-order chi connectivity index (χ1) is 7.61. The van der Waals surface area contributed by atoms with Gasteiger partial charge in [0.05, 0.1) is 25.9 Å². The lowest BCUT2D eigenvalue weighted by atomic mass is 10.1. The monoisotopic (exact) mass is 329 g/mol. The molecule has 5 nitrogen and oxygen atoms in total. The molecule has 0 bridgehead atoms. The highest BCUT2D eigenvalue weighted by molar-refractivity contribution is 14.1. The molecule has 16 heavy (non-hydrogen) atoms. The Bertz CT molecular complexity index is 531. The minimum Gasteiger partial charge on any atom is -0.267 e.